The summed E-state index contributed by atoms with van der Waals surface area (Å²) in [5.74, 6) is 2.22. The van der Waals surface area contributed by atoms with Gasteiger partial charge in [0.05, 0.1) is 12.8 Å². The molecule has 5 heteroatoms. The van der Waals surface area contributed by atoms with E-state index in [1.807, 2.05) is 96.5 Å². The lowest BCUT2D eigenvalue weighted by Gasteiger charge is -2.08. The van der Waals surface area contributed by atoms with Crippen LogP contribution in [0, 0.1) is 0 Å². The standard InChI is InChI=1S/C23H20N4O/c1-17(18-13-15-21(28-2)16-14-18)26-27-22(19-9-5-3-6-10-19)24-25-23(27)20-11-7-4-8-12-20/h3-16H,1-2H3/b26-17+. The SMILES string of the molecule is COc1ccc(/C(C)=N/n2c(-c3ccccc3)nnc2-c2ccccc2)cc1. The number of hydrogen-bond acceptors (Lipinski definition) is 4. The van der Waals surface area contributed by atoms with E-state index in [9.17, 15) is 0 Å². The Bertz CT molecular complexity index is 1030. The summed E-state index contributed by atoms with van der Waals surface area (Å²) < 4.78 is 7.05. The molecule has 0 spiro atoms. The lowest BCUT2D eigenvalue weighted by molar-refractivity contribution is 0.415. The van der Waals surface area contributed by atoms with Crippen molar-refractivity contribution in [2.24, 2.45) is 5.10 Å². The minimum Gasteiger partial charge on any atom is -0.497 e. The summed E-state index contributed by atoms with van der Waals surface area (Å²) in [5, 5.41) is 13.7. The Morgan fingerprint density at radius 1 is 0.750 bits per heavy atom. The van der Waals surface area contributed by atoms with Crippen molar-refractivity contribution in [3.63, 3.8) is 0 Å². The molecule has 0 atom stereocenters. The van der Waals surface area contributed by atoms with E-state index in [4.69, 9.17) is 9.84 Å². The highest BCUT2D eigenvalue weighted by atomic mass is 16.5. The lowest BCUT2D eigenvalue weighted by atomic mass is 10.1. The largest absolute Gasteiger partial charge is 0.497 e. The van der Waals surface area contributed by atoms with Gasteiger partial charge in [-0.05, 0) is 36.8 Å². The Balaban J connectivity index is 1.84. The first-order valence-corrected chi connectivity index (χ1v) is 9.02. The van der Waals surface area contributed by atoms with Crippen molar-refractivity contribution in [1.82, 2.24) is 14.9 Å². The summed E-state index contributed by atoms with van der Waals surface area (Å²) in [6, 6.07) is 27.8. The summed E-state index contributed by atoms with van der Waals surface area (Å²) >= 11 is 0. The van der Waals surface area contributed by atoms with Gasteiger partial charge < -0.3 is 4.74 Å². The highest BCUT2D eigenvalue weighted by Gasteiger charge is 2.15. The van der Waals surface area contributed by atoms with Crippen LogP contribution >= 0.6 is 0 Å². The van der Waals surface area contributed by atoms with E-state index in [-0.39, 0.29) is 0 Å². The quantitative estimate of drug-likeness (QED) is 0.471. The third-order valence-electron chi connectivity index (χ3n) is 4.46. The maximum atomic E-state index is 5.24. The molecule has 0 aliphatic heterocycles. The fraction of sp³-hybridized carbons (Fsp3) is 0.0870. The second kappa shape index (κ2) is 7.88. The van der Waals surface area contributed by atoms with Crippen molar-refractivity contribution in [2.75, 3.05) is 7.11 Å². The molecule has 0 unspecified atom stereocenters. The Labute approximate surface area is 164 Å². The van der Waals surface area contributed by atoms with Crippen LogP contribution in [0.25, 0.3) is 22.8 Å². The number of aromatic nitrogens is 3. The zero-order valence-electron chi connectivity index (χ0n) is 15.8. The second-order valence-corrected chi connectivity index (χ2v) is 6.30. The summed E-state index contributed by atoms with van der Waals surface area (Å²) in [5.41, 5.74) is 3.79. The molecule has 0 amide bonds. The predicted octanol–water partition coefficient (Wildman–Crippen LogP) is 4.89. The molecule has 28 heavy (non-hydrogen) atoms. The summed E-state index contributed by atoms with van der Waals surface area (Å²) in [6.45, 7) is 1.98. The molecule has 5 nitrogen and oxygen atoms in total. The molecular formula is C23H20N4O. The first-order chi connectivity index (χ1) is 13.8. The van der Waals surface area contributed by atoms with Gasteiger partial charge in [-0.1, -0.05) is 60.7 Å². The smallest absolute Gasteiger partial charge is 0.185 e. The molecule has 0 aliphatic carbocycles. The maximum absolute atomic E-state index is 5.24. The highest BCUT2D eigenvalue weighted by molar-refractivity contribution is 5.98. The van der Waals surface area contributed by atoms with Gasteiger partial charge in [-0.25, -0.2) is 0 Å². The van der Waals surface area contributed by atoms with Crippen molar-refractivity contribution in [2.45, 2.75) is 6.92 Å². The van der Waals surface area contributed by atoms with E-state index in [1.165, 1.54) is 0 Å². The number of nitrogens with zero attached hydrogens (tertiary/aromatic N) is 4. The zero-order valence-corrected chi connectivity index (χ0v) is 15.8. The van der Waals surface area contributed by atoms with Gasteiger partial charge >= 0.3 is 0 Å². The number of benzene rings is 3. The van der Waals surface area contributed by atoms with Crippen LogP contribution in [-0.2, 0) is 0 Å². The fourth-order valence-electron chi connectivity index (χ4n) is 2.95. The maximum Gasteiger partial charge on any atom is 0.185 e. The van der Waals surface area contributed by atoms with Gasteiger partial charge in [0.1, 0.15) is 5.75 Å². The van der Waals surface area contributed by atoms with Crippen LogP contribution in [0.5, 0.6) is 5.75 Å². The summed E-state index contributed by atoms with van der Waals surface area (Å²) in [6.07, 6.45) is 0. The molecule has 0 saturated heterocycles. The van der Waals surface area contributed by atoms with Crippen LogP contribution in [0.4, 0.5) is 0 Å². The second-order valence-electron chi connectivity index (χ2n) is 6.30. The first kappa shape index (κ1) is 17.7. The molecule has 4 aromatic rings. The number of rotatable bonds is 5. The fourth-order valence-corrected chi connectivity index (χ4v) is 2.95. The summed E-state index contributed by atoms with van der Waals surface area (Å²) in [4.78, 5) is 0. The number of ether oxygens (including phenoxy) is 1. The van der Waals surface area contributed by atoms with Gasteiger partial charge in [0.25, 0.3) is 0 Å². The highest BCUT2D eigenvalue weighted by Crippen LogP contribution is 2.25. The average molecular weight is 368 g/mol. The van der Waals surface area contributed by atoms with E-state index in [0.717, 1.165) is 28.2 Å². The van der Waals surface area contributed by atoms with E-state index in [2.05, 4.69) is 10.2 Å². The third-order valence-corrected chi connectivity index (χ3v) is 4.46. The van der Waals surface area contributed by atoms with Crippen LogP contribution in [0.1, 0.15) is 12.5 Å². The van der Waals surface area contributed by atoms with E-state index < -0.39 is 0 Å². The third kappa shape index (κ3) is 3.55. The van der Waals surface area contributed by atoms with Crippen LogP contribution in [0.15, 0.2) is 90.0 Å². The van der Waals surface area contributed by atoms with Crippen molar-refractivity contribution in [1.29, 1.82) is 0 Å². The Morgan fingerprint density at radius 2 is 1.25 bits per heavy atom. The molecule has 0 aliphatic rings. The number of hydrogen-bond donors (Lipinski definition) is 0. The van der Waals surface area contributed by atoms with E-state index >= 15 is 0 Å². The normalized spacial score (nSPS) is 11.4. The van der Waals surface area contributed by atoms with Gasteiger partial charge in [-0.15, -0.1) is 10.2 Å². The minimum atomic E-state index is 0.701. The van der Waals surface area contributed by atoms with Crippen molar-refractivity contribution in [3.8, 4) is 28.5 Å². The molecule has 1 heterocycles. The average Bonchev–Trinajstić information content (AvgIpc) is 3.18. The van der Waals surface area contributed by atoms with Crippen molar-refractivity contribution >= 4 is 5.71 Å². The Hall–Kier alpha value is -3.73. The molecule has 138 valence electrons. The van der Waals surface area contributed by atoms with Gasteiger partial charge in [-0.2, -0.15) is 9.78 Å². The van der Waals surface area contributed by atoms with E-state index in [1.54, 1.807) is 7.11 Å². The van der Waals surface area contributed by atoms with Crippen LogP contribution in [-0.4, -0.2) is 27.7 Å². The van der Waals surface area contributed by atoms with Crippen LogP contribution < -0.4 is 4.74 Å². The Morgan fingerprint density at radius 3 is 1.71 bits per heavy atom. The topological polar surface area (TPSA) is 52.3 Å². The monoisotopic (exact) mass is 368 g/mol. The molecule has 1 aromatic heterocycles. The molecule has 0 saturated carbocycles. The molecule has 0 bridgehead atoms. The number of methoxy groups -OCH3 is 1. The van der Waals surface area contributed by atoms with Gasteiger partial charge in [0, 0.05) is 11.1 Å². The molecule has 0 N–H and O–H groups in total. The molecule has 0 fully saturated rings. The lowest BCUT2D eigenvalue weighted by Crippen LogP contribution is -2.03. The Kier molecular flexibility index (Phi) is 4.97. The summed E-state index contributed by atoms with van der Waals surface area (Å²) in [7, 11) is 1.66. The van der Waals surface area contributed by atoms with Crippen LogP contribution in [0.2, 0.25) is 0 Å². The van der Waals surface area contributed by atoms with Gasteiger partial charge in [-0.3, -0.25) is 0 Å². The predicted molar refractivity (Wildman–Crippen MR) is 111 cm³/mol. The molecule has 3 aromatic carbocycles. The van der Waals surface area contributed by atoms with Crippen molar-refractivity contribution in [3.05, 3.63) is 90.5 Å². The first-order valence-electron chi connectivity index (χ1n) is 9.02. The minimum absolute atomic E-state index is 0.701. The molecular weight excluding hydrogens is 348 g/mol. The zero-order chi connectivity index (χ0) is 19.3. The van der Waals surface area contributed by atoms with Crippen molar-refractivity contribution < 1.29 is 4.74 Å². The van der Waals surface area contributed by atoms with Gasteiger partial charge in [0.15, 0.2) is 11.6 Å². The molecule has 4 rings (SSSR count). The van der Waals surface area contributed by atoms with E-state index in [0.29, 0.717) is 11.6 Å². The molecule has 0 radical (unpaired) electrons. The van der Waals surface area contributed by atoms with Gasteiger partial charge in [0.2, 0.25) is 0 Å². The van der Waals surface area contributed by atoms with Crippen LogP contribution in [0.3, 0.4) is 0 Å².